The quantitative estimate of drug-likeness (QED) is 0.232. The molecular weight excluding hydrogens is 619 g/mol. The first-order valence-corrected chi connectivity index (χ1v) is 17.2. The van der Waals surface area contributed by atoms with E-state index in [-0.39, 0.29) is 34.8 Å². The number of H-pyrrole nitrogens is 1. The number of aryl methyl sites for hydroxylation is 1. The SMILES string of the molecule is Cc1ccc2[nH]ncc2c1-c1c(Cl)cc2c(N3C[C@H](C)N(C(=O)OC(C)(C)C)C[C@@H]3C)nc(NC3CCN(C4CC4)CC3)nc2c1F. The topological polar surface area (TPSA) is 103 Å². The van der Waals surface area contributed by atoms with E-state index in [1.807, 2.05) is 53.7 Å². The summed E-state index contributed by atoms with van der Waals surface area (Å²) < 4.78 is 22.8. The van der Waals surface area contributed by atoms with E-state index in [1.54, 1.807) is 17.2 Å². The van der Waals surface area contributed by atoms with Gasteiger partial charge in [-0.15, -0.1) is 0 Å². The van der Waals surface area contributed by atoms with Crippen molar-refractivity contribution in [1.29, 1.82) is 0 Å². The molecule has 3 fully saturated rings. The molecule has 47 heavy (non-hydrogen) atoms. The smallest absolute Gasteiger partial charge is 0.410 e. The second kappa shape index (κ2) is 12.1. The normalized spacial score (nSPS) is 21.5. The number of hydrogen-bond acceptors (Lipinski definition) is 8. The van der Waals surface area contributed by atoms with Gasteiger partial charge in [-0.05, 0) is 84.9 Å². The third kappa shape index (κ3) is 6.20. The Labute approximate surface area is 280 Å². The highest BCUT2D eigenvalue weighted by molar-refractivity contribution is 6.35. The van der Waals surface area contributed by atoms with Crippen LogP contribution < -0.4 is 10.2 Å². The fourth-order valence-electron chi connectivity index (χ4n) is 7.18. The predicted molar refractivity (Wildman–Crippen MR) is 185 cm³/mol. The van der Waals surface area contributed by atoms with E-state index in [0.717, 1.165) is 48.4 Å². The van der Waals surface area contributed by atoms with Gasteiger partial charge in [-0.2, -0.15) is 10.1 Å². The van der Waals surface area contributed by atoms with Crippen molar-refractivity contribution < 1.29 is 13.9 Å². The average Bonchev–Trinajstić information content (AvgIpc) is 3.75. The minimum atomic E-state index is -0.597. The Morgan fingerprint density at radius 1 is 1.04 bits per heavy atom. The highest BCUT2D eigenvalue weighted by Crippen LogP contribution is 2.43. The van der Waals surface area contributed by atoms with Crippen molar-refractivity contribution in [3.05, 3.63) is 40.8 Å². The largest absolute Gasteiger partial charge is 0.444 e. The maximum atomic E-state index is 17.1. The molecule has 10 nitrogen and oxygen atoms in total. The van der Waals surface area contributed by atoms with E-state index >= 15 is 4.39 Å². The lowest BCUT2D eigenvalue weighted by Gasteiger charge is -2.45. The minimum absolute atomic E-state index is 0.130. The zero-order valence-electron chi connectivity index (χ0n) is 28.0. The number of hydrogen-bond donors (Lipinski definition) is 2. The van der Waals surface area contributed by atoms with Crippen LogP contribution in [0.3, 0.4) is 0 Å². The molecule has 0 bridgehead atoms. The van der Waals surface area contributed by atoms with E-state index < -0.39 is 11.4 Å². The molecule has 2 atom stereocenters. The summed E-state index contributed by atoms with van der Waals surface area (Å²) in [6.45, 7) is 14.6. The molecule has 2 saturated heterocycles. The van der Waals surface area contributed by atoms with Gasteiger partial charge in [-0.1, -0.05) is 17.7 Å². The molecule has 3 aliphatic rings. The number of anilines is 2. The summed E-state index contributed by atoms with van der Waals surface area (Å²) in [5.74, 6) is 0.506. The molecule has 1 aliphatic carbocycles. The van der Waals surface area contributed by atoms with Gasteiger partial charge < -0.3 is 24.8 Å². The second-order valence-corrected chi connectivity index (χ2v) is 15.0. The maximum absolute atomic E-state index is 17.1. The van der Waals surface area contributed by atoms with Crippen LogP contribution >= 0.6 is 11.6 Å². The fraction of sp³-hybridized carbons (Fsp3) is 0.543. The summed E-state index contributed by atoms with van der Waals surface area (Å²) in [4.78, 5) is 29.5. The van der Waals surface area contributed by atoms with Gasteiger partial charge in [0.1, 0.15) is 16.9 Å². The number of benzene rings is 2. The first kappa shape index (κ1) is 31.9. The zero-order valence-corrected chi connectivity index (χ0v) is 28.8. The molecule has 4 aromatic rings. The number of fused-ring (bicyclic) bond motifs is 2. The number of carbonyl (C=O) groups is 1. The first-order chi connectivity index (χ1) is 22.4. The minimum Gasteiger partial charge on any atom is -0.444 e. The van der Waals surface area contributed by atoms with E-state index in [0.29, 0.717) is 41.4 Å². The van der Waals surface area contributed by atoms with E-state index in [9.17, 15) is 4.79 Å². The highest BCUT2D eigenvalue weighted by Gasteiger charge is 2.37. The monoisotopic (exact) mass is 662 g/mol. The van der Waals surface area contributed by atoms with Crippen LogP contribution in [0.4, 0.5) is 21.0 Å². The lowest BCUT2D eigenvalue weighted by molar-refractivity contribution is 0.0130. The maximum Gasteiger partial charge on any atom is 0.410 e. The molecule has 2 N–H and O–H groups in total. The van der Waals surface area contributed by atoms with Gasteiger partial charge in [0.2, 0.25) is 5.95 Å². The fourth-order valence-corrected chi connectivity index (χ4v) is 7.47. The number of aromatic nitrogens is 4. The van der Waals surface area contributed by atoms with Gasteiger partial charge >= 0.3 is 6.09 Å². The van der Waals surface area contributed by atoms with E-state index in [4.69, 9.17) is 26.3 Å². The number of nitrogens with one attached hydrogen (secondary N) is 2. The van der Waals surface area contributed by atoms with Crippen LogP contribution in [-0.4, -0.2) is 92.0 Å². The number of amides is 1. The summed E-state index contributed by atoms with van der Waals surface area (Å²) >= 11 is 6.99. The number of aromatic amines is 1. The van der Waals surface area contributed by atoms with Gasteiger partial charge in [0.15, 0.2) is 5.82 Å². The highest BCUT2D eigenvalue weighted by atomic mass is 35.5. The Morgan fingerprint density at radius 2 is 1.79 bits per heavy atom. The Hall–Kier alpha value is -3.70. The summed E-state index contributed by atoms with van der Waals surface area (Å²) in [7, 11) is 0. The molecule has 0 radical (unpaired) electrons. The number of ether oxygens (including phenoxy) is 1. The number of likely N-dealkylation sites (tertiary alicyclic amines) is 1. The van der Waals surface area contributed by atoms with Crippen molar-refractivity contribution in [3.63, 3.8) is 0 Å². The molecule has 7 rings (SSSR count). The number of piperidine rings is 1. The van der Waals surface area contributed by atoms with Crippen molar-refractivity contribution >= 4 is 51.3 Å². The van der Waals surface area contributed by atoms with Crippen molar-refractivity contribution in [2.75, 3.05) is 36.4 Å². The molecule has 2 aromatic heterocycles. The molecular formula is C35H44ClFN8O2. The van der Waals surface area contributed by atoms with Gasteiger partial charge in [-0.3, -0.25) is 5.10 Å². The third-order valence-corrected chi connectivity index (χ3v) is 10.1. The number of rotatable bonds is 5. The number of halogens is 2. The molecule has 2 aromatic carbocycles. The third-order valence-electron chi connectivity index (χ3n) is 9.76. The van der Waals surface area contributed by atoms with Gasteiger partial charge in [-0.25, -0.2) is 14.2 Å². The van der Waals surface area contributed by atoms with Crippen molar-refractivity contribution in [2.24, 2.45) is 0 Å². The molecule has 1 amide bonds. The first-order valence-electron chi connectivity index (χ1n) is 16.8. The van der Waals surface area contributed by atoms with Crippen molar-refractivity contribution in [1.82, 2.24) is 30.0 Å². The summed E-state index contributed by atoms with van der Waals surface area (Å²) in [6, 6.07) is 6.29. The molecule has 2 aliphatic heterocycles. The van der Waals surface area contributed by atoms with Crippen LogP contribution in [0.15, 0.2) is 24.4 Å². The average molecular weight is 663 g/mol. The molecule has 250 valence electrons. The lowest BCUT2D eigenvalue weighted by Crippen LogP contribution is -2.59. The van der Waals surface area contributed by atoms with Crippen molar-refractivity contribution in [3.8, 4) is 11.1 Å². The van der Waals surface area contributed by atoms with Crippen LogP contribution in [0.2, 0.25) is 5.02 Å². The lowest BCUT2D eigenvalue weighted by atomic mass is 9.95. The molecule has 12 heteroatoms. The molecule has 0 spiro atoms. The van der Waals surface area contributed by atoms with Crippen molar-refractivity contribution in [2.45, 2.75) is 97.0 Å². The molecule has 4 heterocycles. The van der Waals surface area contributed by atoms with Crippen LogP contribution in [0.5, 0.6) is 0 Å². The standard InChI is InChI=1S/C35H44ClFN8O2/c1-19-7-10-27-25(16-38-42-27)28(19)29-26(36)15-24-31(30(29)37)40-33(39-22-11-13-43(14-12-22)23-8-9-23)41-32(24)44-17-21(3)45(18-20(44)2)34(46)47-35(4,5)6/h7,10,15-16,20-23H,8-9,11-14,17-18H2,1-6H3,(H,38,42)(H,39,40,41)/t20-,21-/m0/s1. The van der Waals surface area contributed by atoms with Crippen LogP contribution in [-0.2, 0) is 4.74 Å². The summed E-state index contributed by atoms with van der Waals surface area (Å²) in [5.41, 5.74) is 2.29. The number of carbonyl (C=O) groups excluding carboxylic acids is 1. The Bertz CT molecular complexity index is 1830. The van der Waals surface area contributed by atoms with E-state index in [2.05, 4.69) is 25.3 Å². The van der Waals surface area contributed by atoms with Gasteiger partial charge in [0, 0.05) is 72.2 Å². The Morgan fingerprint density at radius 3 is 2.49 bits per heavy atom. The van der Waals surface area contributed by atoms with Gasteiger partial charge in [0.25, 0.3) is 0 Å². The molecule has 0 unspecified atom stereocenters. The summed E-state index contributed by atoms with van der Waals surface area (Å²) in [6.07, 6.45) is 5.91. The van der Waals surface area contributed by atoms with Crippen LogP contribution in [0.1, 0.15) is 65.9 Å². The predicted octanol–water partition coefficient (Wildman–Crippen LogP) is 7.15. The Kier molecular flexibility index (Phi) is 8.19. The molecule has 1 saturated carbocycles. The Balaban J connectivity index is 1.30. The zero-order chi connectivity index (χ0) is 33.2. The number of piperazine rings is 1. The van der Waals surface area contributed by atoms with Crippen LogP contribution in [0, 0.1) is 12.7 Å². The summed E-state index contributed by atoms with van der Waals surface area (Å²) in [5, 5.41) is 12.4. The van der Waals surface area contributed by atoms with Gasteiger partial charge in [0.05, 0.1) is 16.7 Å². The second-order valence-electron chi connectivity index (χ2n) is 14.6. The van der Waals surface area contributed by atoms with Crippen LogP contribution in [0.25, 0.3) is 32.9 Å². The van der Waals surface area contributed by atoms with E-state index in [1.165, 1.54) is 12.8 Å². The number of nitrogens with zero attached hydrogens (tertiary/aromatic N) is 6.